The number of rotatable bonds is 8. The molecule has 1 aliphatic rings. The number of hydrogen-bond acceptors (Lipinski definition) is 4. The van der Waals surface area contributed by atoms with Crippen LogP contribution in [-0.2, 0) is 19.1 Å². The van der Waals surface area contributed by atoms with Crippen molar-refractivity contribution in [3.05, 3.63) is 46.1 Å². The predicted molar refractivity (Wildman–Crippen MR) is 108 cm³/mol. The predicted octanol–water partition coefficient (Wildman–Crippen LogP) is 3.41. The number of allylic oxidation sites excluding steroid dienone is 1. The van der Waals surface area contributed by atoms with E-state index in [1.807, 2.05) is 13.0 Å². The van der Waals surface area contributed by atoms with Crippen LogP contribution in [0.3, 0.4) is 0 Å². The highest BCUT2D eigenvalue weighted by molar-refractivity contribution is 6.30. The van der Waals surface area contributed by atoms with E-state index in [4.69, 9.17) is 16.3 Å². The molecule has 0 bridgehead atoms. The summed E-state index contributed by atoms with van der Waals surface area (Å²) in [6, 6.07) is 7.11. The number of carbonyl (C=O) groups excluding carboxylic acids is 3. The molecule has 0 fully saturated rings. The maximum absolute atomic E-state index is 12.8. The van der Waals surface area contributed by atoms with Crippen LogP contribution in [0, 0.1) is 0 Å². The first kappa shape index (κ1) is 22.0. The molecule has 28 heavy (non-hydrogen) atoms. The molecule has 0 radical (unpaired) electrons. The monoisotopic (exact) mass is 406 g/mol. The van der Waals surface area contributed by atoms with Gasteiger partial charge < -0.3 is 15.0 Å². The van der Waals surface area contributed by atoms with E-state index >= 15 is 0 Å². The third kappa shape index (κ3) is 5.35. The van der Waals surface area contributed by atoms with Crippen molar-refractivity contribution < 1.29 is 19.1 Å². The van der Waals surface area contributed by atoms with Crippen molar-refractivity contribution in [1.82, 2.24) is 10.2 Å². The van der Waals surface area contributed by atoms with Gasteiger partial charge in [0.05, 0.1) is 12.2 Å². The second kappa shape index (κ2) is 10.3. The van der Waals surface area contributed by atoms with Crippen molar-refractivity contribution in [1.29, 1.82) is 0 Å². The van der Waals surface area contributed by atoms with Crippen LogP contribution < -0.4 is 5.32 Å². The van der Waals surface area contributed by atoms with Crippen molar-refractivity contribution in [3.8, 4) is 0 Å². The van der Waals surface area contributed by atoms with Gasteiger partial charge in [-0.15, -0.1) is 0 Å². The number of unbranched alkanes of at least 4 members (excludes halogenated alkanes) is 1. The summed E-state index contributed by atoms with van der Waals surface area (Å²) in [6.07, 6.45) is 1.92. The van der Waals surface area contributed by atoms with Crippen LogP contribution in [0.15, 0.2) is 35.5 Å². The summed E-state index contributed by atoms with van der Waals surface area (Å²) >= 11 is 6.10. The Morgan fingerprint density at radius 3 is 2.71 bits per heavy atom. The Morgan fingerprint density at radius 1 is 1.32 bits per heavy atom. The molecule has 0 spiro atoms. The minimum absolute atomic E-state index is 0.0775. The molecule has 1 aromatic carbocycles. The zero-order valence-electron chi connectivity index (χ0n) is 16.6. The molecular formula is C21H27ClN2O4. The summed E-state index contributed by atoms with van der Waals surface area (Å²) in [4.78, 5) is 39.1. The van der Waals surface area contributed by atoms with Gasteiger partial charge >= 0.3 is 5.97 Å². The van der Waals surface area contributed by atoms with Crippen LogP contribution in [0.1, 0.15) is 51.5 Å². The molecule has 0 saturated carbocycles. The number of ether oxygens (including phenoxy) is 1. The van der Waals surface area contributed by atoms with Crippen molar-refractivity contribution in [2.45, 2.75) is 46.0 Å². The van der Waals surface area contributed by atoms with Crippen LogP contribution in [0.5, 0.6) is 0 Å². The zero-order valence-corrected chi connectivity index (χ0v) is 17.3. The summed E-state index contributed by atoms with van der Waals surface area (Å²) in [5.74, 6) is -1.38. The average Bonchev–Trinajstić information content (AvgIpc) is 2.65. The molecule has 1 heterocycles. The molecule has 0 unspecified atom stereocenters. The van der Waals surface area contributed by atoms with Gasteiger partial charge in [0.2, 0.25) is 11.8 Å². The van der Waals surface area contributed by atoms with Gasteiger partial charge in [-0.05, 0) is 38.0 Å². The lowest BCUT2D eigenvalue weighted by Crippen LogP contribution is -2.44. The lowest BCUT2D eigenvalue weighted by atomic mass is 9.83. The summed E-state index contributed by atoms with van der Waals surface area (Å²) in [5.41, 5.74) is 1.62. The Hall–Kier alpha value is -2.34. The standard InChI is InChI=1S/C21H27ClN2O4/c1-4-6-10-23-18(25)13-24-14(3)20(21(27)28-5-2)17(12-19(24)26)15-8-7-9-16(22)11-15/h7-9,11,17H,4-6,10,12-13H2,1-3H3,(H,23,25)/t17-/m1/s1. The SMILES string of the molecule is CCCCNC(=O)CN1C(=O)C[C@H](c2cccc(Cl)c2)C(C(=O)OCC)=C1C. The first-order valence-electron chi connectivity index (χ1n) is 9.59. The van der Waals surface area contributed by atoms with Crippen LogP contribution in [0.25, 0.3) is 0 Å². The summed E-state index contributed by atoms with van der Waals surface area (Å²) < 4.78 is 5.23. The van der Waals surface area contributed by atoms with Crippen molar-refractivity contribution in [3.63, 3.8) is 0 Å². The lowest BCUT2D eigenvalue weighted by Gasteiger charge is -2.34. The van der Waals surface area contributed by atoms with E-state index in [2.05, 4.69) is 5.32 Å². The van der Waals surface area contributed by atoms with Gasteiger partial charge in [-0.1, -0.05) is 37.1 Å². The van der Waals surface area contributed by atoms with Gasteiger partial charge in [0.1, 0.15) is 6.54 Å². The minimum atomic E-state index is -0.478. The van der Waals surface area contributed by atoms with Gasteiger partial charge in [0.15, 0.2) is 0 Å². The highest BCUT2D eigenvalue weighted by atomic mass is 35.5. The number of carbonyl (C=O) groups is 3. The van der Waals surface area contributed by atoms with Crippen molar-refractivity contribution >= 4 is 29.4 Å². The Kier molecular flexibility index (Phi) is 8.05. The molecule has 1 N–H and O–H groups in total. The van der Waals surface area contributed by atoms with Gasteiger partial charge in [0.25, 0.3) is 0 Å². The summed E-state index contributed by atoms with van der Waals surface area (Å²) in [6.45, 7) is 6.13. The molecule has 2 amide bonds. The first-order valence-corrected chi connectivity index (χ1v) is 9.97. The van der Waals surface area contributed by atoms with Crippen LogP contribution in [-0.4, -0.2) is 42.4 Å². The number of nitrogens with one attached hydrogen (secondary N) is 1. The van der Waals surface area contributed by atoms with Gasteiger partial charge in [-0.3, -0.25) is 9.59 Å². The Morgan fingerprint density at radius 2 is 2.07 bits per heavy atom. The molecule has 7 heteroatoms. The number of nitrogens with zero attached hydrogens (tertiary/aromatic N) is 1. The van der Waals surface area contributed by atoms with E-state index in [1.165, 1.54) is 4.90 Å². The fourth-order valence-corrected chi connectivity index (χ4v) is 3.49. The molecular weight excluding hydrogens is 380 g/mol. The molecule has 1 aromatic rings. The maximum Gasteiger partial charge on any atom is 0.336 e. The summed E-state index contributed by atoms with van der Waals surface area (Å²) in [7, 11) is 0. The van der Waals surface area contributed by atoms with Crippen LogP contribution >= 0.6 is 11.6 Å². The Labute approximate surface area is 170 Å². The fraction of sp³-hybridized carbons (Fsp3) is 0.476. The van der Waals surface area contributed by atoms with Crippen molar-refractivity contribution in [2.75, 3.05) is 19.7 Å². The normalized spacial score (nSPS) is 16.9. The third-order valence-corrected chi connectivity index (χ3v) is 4.96. The van der Waals surface area contributed by atoms with E-state index in [9.17, 15) is 14.4 Å². The number of hydrogen-bond donors (Lipinski definition) is 1. The highest BCUT2D eigenvalue weighted by Crippen LogP contribution is 2.37. The Balaban J connectivity index is 2.35. The van der Waals surface area contributed by atoms with E-state index in [0.29, 0.717) is 22.8 Å². The minimum Gasteiger partial charge on any atom is -0.463 e. The maximum atomic E-state index is 12.8. The Bertz CT molecular complexity index is 775. The number of benzene rings is 1. The quantitative estimate of drug-likeness (QED) is 0.530. The topological polar surface area (TPSA) is 75.7 Å². The lowest BCUT2D eigenvalue weighted by molar-refractivity contribution is -0.141. The smallest absolute Gasteiger partial charge is 0.336 e. The number of amides is 2. The molecule has 1 atom stereocenters. The highest BCUT2D eigenvalue weighted by Gasteiger charge is 2.37. The third-order valence-electron chi connectivity index (χ3n) is 4.72. The van der Waals surface area contributed by atoms with Gasteiger partial charge in [0, 0.05) is 29.6 Å². The fourth-order valence-electron chi connectivity index (χ4n) is 3.29. The second-order valence-electron chi connectivity index (χ2n) is 6.71. The largest absolute Gasteiger partial charge is 0.463 e. The zero-order chi connectivity index (χ0) is 20.7. The van der Waals surface area contributed by atoms with Crippen LogP contribution in [0.2, 0.25) is 5.02 Å². The average molecular weight is 407 g/mol. The van der Waals surface area contributed by atoms with Crippen molar-refractivity contribution in [2.24, 2.45) is 0 Å². The van der Waals surface area contributed by atoms with E-state index in [-0.39, 0.29) is 31.4 Å². The first-order chi connectivity index (χ1) is 13.4. The van der Waals surface area contributed by atoms with Gasteiger partial charge in [-0.25, -0.2) is 4.79 Å². The second-order valence-corrected chi connectivity index (χ2v) is 7.15. The molecule has 6 nitrogen and oxygen atoms in total. The summed E-state index contributed by atoms with van der Waals surface area (Å²) in [5, 5.41) is 3.33. The van der Waals surface area contributed by atoms with E-state index in [1.54, 1.807) is 32.0 Å². The molecule has 0 saturated heterocycles. The molecule has 1 aliphatic heterocycles. The number of halogens is 1. The molecule has 2 rings (SSSR count). The van der Waals surface area contributed by atoms with E-state index in [0.717, 1.165) is 18.4 Å². The van der Waals surface area contributed by atoms with Crippen LogP contribution in [0.4, 0.5) is 0 Å². The molecule has 152 valence electrons. The molecule has 0 aliphatic carbocycles. The van der Waals surface area contributed by atoms with E-state index < -0.39 is 11.9 Å². The van der Waals surface area contributed by atoms with Gasteiger partial charge in [-0.2, -0.15) is 0 Å². The number of esters is 1. The molecule has 0 aromatic heterocycles.